The number of carbonyl (C=O) groups is 1. The summed E-state index contributed by atoms with van der Waals surface area (Å²) >= 11 is 0. The summed E-state index contributed by atoms with van der Waals surface area (Å²) in [5.74, 6) is -14.9. The molecule has 0 saturated heterocycles. The van der Waals surface area contributed by atoms with E-state index in [1.54, 1.807) is 0 Å². The summed E-state index contributed by atoms with van der Waals surface area (Å²) in [7, 11) is 1.22. The van der Waals surface area contributed by atoms with Gasteiger partial charge in [0.25, 0.3) is 0 Å². The number of methoxy groups -OCH3 is 1. The highest BCUT2D eigenvalue weighted by molar-refractivity contribution is 6.03. The Kier molecular flexibility index (Phi) is 4.27. The highest BCUT2D eigenvalue weighted by Crippen LogP contribution is 2.48. The lowest BCUT2D eigenvalue weighted by Crippen LogP contribution is -2.56. The van der Waals surface area contributed by atoms with Gasteiger partial charge in [-0.1, -0.05) is 0 Å². The lowest BCUT2D eigenvalue weighted by atomic mass is 9.96. The fraction of sp³-hybridized carbons (Fsp3) is 0.417. The summed E-state index contributed by atoms with van der Waals surface area (Å²) in [6, 6.07) is 2.77. The number of benzene rings is 1. The molecule has 118 valence electrons. The molecule has 0 radical (unpaired) electrons. The zero-order valence-electron chi connectivity index (χ0n) is 10.7. The predicted molar refractivity (Wildman–Crippen MR) is 58.0 cm³/mol. The molecular weight excluding hydrogens is 309 g/mol. The van der Waals surface area contributed by atoms with Gasteiger partial charge < -0.3 is 4.74 Å². The van der Waals surface area contributed by atoms with Gasteiger partial charge in [-0.2, -0.15) is 30.7 Å². The normalized spacial score (nSPS) is 13.2. The van der Waals surface area contributed by atoms with Gasteiger partial charge in [-0.15, -0.1) is 0 Å². The Morgan fingerprint density at radius 2 is 1.57 bits per heavy atom. The van der Waals surface area contributed by atoms with Gasteiger partial charge >= 0.3 is 18.0 Å². The third-order valence-electron chi connectivity index (χ3n) is 2.71. The highest BCUT2D eigenvalue weighted by atomic mass is 19.4. The number of Topliss-reactive ketones (excluding diaryl/α,β-unsaturated/α-hetero) is 1. The third-order valence-corrected chi connectivity index (χ3v) is 2.71. The molecule has 21 heavy (non-hydrogen) atoms. The van der Waals surface area contributed by atoms with Crippen LogP contribution in [-0.4, -0.2) is 30.9 Å². The Morgan fingerprint density at radius 1 is 1.05 bits per heavy atom. The van der Waals surface area contributed by atoms with Crippen molar-refractivity contribution < 1.29 is 40.3 Å². The summed E-state index contributed by atoms with van der Waals surface area (Å²) in [4.78, 5) is 11.4. The van der Waals surface area contributed by atoms with Crippen LogP contribution in [0.15, 0.2) is 18.2 Å². The molecule has 0 saturated carbocycles. The fourth-order valence-corrected chi connectivity index (χ4v) is 1.51. The largest absolute Gasteiger partial charge is 0.497 e. The highest BCUT2D eigenvalue weighted by Gasteiger charge is 2.76. The molecule has 0 bridgehead atoms. The smallest absolute Gasteiger partial charge is 0.460 e. The second-order valence-corrected chi connectivity index (χ2v) is 4.16. The molecule has 0 atom stereocenters. The molecule has 0 unspecified atom stereocenters. The van der Waals surface area contributed by atoms with E-state index in [1.807, 2.05) is 0 Å². The van der Waals surface area contributed by atoms with Gasteiger partial charge in [0.05, 0.1) is 7.11 Å². The molecule has 0 aliphatic rings. The summed E-state index contributed by atoms with van der Waals surface area (Å²) in [5.41, 5.74) is -1.15. The van der Waals surface area contributed by atoms with E-state index < -0.39 is 29.4 Å². The van der Waals surface area contributed by atoms with Crippen LogP contribution in [0, 0.1) is 6.92 Å². The van der Waals surface area contributed by atoms with E-state index in [0.717, 1.165) is 19.1 Å². The first-order valence-electron chi connectivity index (χ1n) is 5.38. The average molecular weight is 318 g/mol. The Morgan fingerprint density at radius 3 is 1.95 bits per heavy atom. The van der Waals surface area contributed by atoms with Crippen molar-refractivity contribution in [2.45, 2.75) is 24.9 Å². The molecule has 9 heteroatoms. The van der Waals surface area contributed by atoms with Gasteiger partial charge in [0.2, 0.25) is 5.78 Å². The average Bonchev–Trinajstić information content (AvgIpc) is 2.36. The standard InChI is InChI=1S/C12H9F7O2/c1-6-5-7(21-2)3-4-8(6)9(20)10(13,14)11(15,16)12(17,18)19/h3-5H,1-2H3. The van der Waals surface area contributed by atoms with Gasteiger partial charge in [-0.25, -0.2) is 0 Å². The predicted octanol–water partition coefficient (Wildman–Crippen LogP) is 4.02. The molecule has 1 rings (SSSR count). The quantitative estimate of drug-likeness (QED) is 0.619. The van der Waals surface area contributed by atoms with E-state index in [0.29, 0.717) is 6.07 Å². The van der Waals surface area contributed by atoms with E-state index >= 15 is 0 Å². The van der Waals surface area contributed by atoms with Gasteiger partial charge in [-0.3, -0.25) is 4.79 Å². The number of rotatable bonds is 4. The lowest BCUT2D eigenvalue weighted by Gasteiger charge is -2.27. The minimum Gasteiger partial charge on any atom is -0.497 e. The van der Waals surface area contributed by atoms with Gasteiger partial charge in [-0.05, 0) is 30.7 Å². The van der Waals surface area contributed by atoms with E-state index in [1.165, 1.54) is 7.11 Å². The van der Waals surface area contributed by atoms with Crippen LogP contribution in [0.2, 0.25) is 0 Å². The zero-order valence-corrected chi connectivity index (χ0v) is 10.7. The minimum absolute atomic E-state index is 0.134. The first-order chi connectivity index (χ1) is 9.36. The number of ether oxygens (including phenoxy) is 1. The van der Waals surface area contributed by atoms with Crippen molar-refractivity contribution in [3.63, 3.8) is 0 Å². The van der Waals surface area contributed by atoms with Crippen LogP contribution in [-0.2, 0) is 0 Å². The minimum atomic E-state index is -6.55. The van der Waals surface area contributed by atoms with Gasteiger partial charge in [0.1, 0.15) is 5.75 Å². The molecular formula is C12H9F7O2. The summed E-state index contributed by atoms with van der Waals surface area (Å²) in [5, 5.41) is 0. The number of ketones is 1. The number of aryl methyl sites for hydroxylation is 1. The second kappa shape index (κ2) is 5.19. The van der Waals surface area contributed by atoms with Crippen molar-refractivity contribution in [1.82, 2.24) is 0 Å². The van der Waals surface area contributed by atoms with Crippen LogP contribution in [0.5, 0.6) is 5.75 Å². The first kappa shape index (κ1) is 17.3. The van der Waals surface area contributed by atoms with E-state index in [4.69, 9.17) is 4.74 Å². The van der Waals surface area contributed by atoms with E-state index in [-0.39, 0.29) is 11.3 Å². The Hall–Kier alpha value is -1.80. The van der Waals surface area contributed by atoms with Gasteiger partial charge in [0, 0.05) is 5.56 Å². The van der Waals surface area contributed by atoms with Crippen LogP contribution < -0.4 is 4.74 Å². The summed E-state index contributed by atoms with van der Waals surface area (Å²) in [6.07, 6.45) is -6.55. The van der Waals surface area contributed by atoms with Crippen LogP contribution in [0.1, 0.15) is 15.9 Å². The molecule has 0 aromatic heterocycles. The second-order valence-electron chi connectivity index (χ2n) is 4.16. The maximum atomic E-state index is 13.3. The molecule has 1 aromatic rings. The Bertz CT molecular complexity index is 549. The maximum Gasteiger partial charge on any atom is 0.460 e. The molecule has 1 aromatic carbocycles. The summed E-state index contributed by atoms with van der Waals surface area (Å²) in [6.45, 7) is 1.11. The molecule has 0 fully saturated rings. The van der Waals surface area contributed by atoms with Crippen LogP contribution >= 0.6 is 0 Å². The first-order valence-corrected chi connectivity index (χ1v) is 5.38. The number of halogens is 7. The van der Waals surface area contributed by atoms with E-state index in [2.05, 4.69) is 0 Å². The molecule has 0 aliphatic carbocycles. The van der Waals surface area contributed by atoms with Crippen LogP contribution in [0.4, 0.5) is 30.7 Å². The number of hydrogen-bond donors (Lipinski definition) is 0. The van der Waals surface area contributed by atoms with Crippen molar-refractivity contribution in [3.8, 4) is 5.75 Å². The monoisotopic (exact) mass is 318 g/mol. The van der Waals surface area contributed by atoms with Crippen molar-refractivity contribution in [1.29, 1.82) is 0 Å². The molecule has 2 nitrogen and oxygen atoms in total. The Labute approximate surface area is 114 Å². The fourth-order valence-electron chi connectivity index (χ4n) is 1.51. The SMILES string of the molecule is COc1ccc(C(=O)C(F)(F)C(F)(F)C(F)(F)F)c(C)c1. The lowest BCUT2D eigenvalue weighted by molar-refractivity contribution is -0.339. The Balaban J connectivity index is 3.30. The number of carbonyl (C=O) groups excluding carboxylic acids is 1. The van der Waals surface area contributed by atoms with Gasteiger partial charge in [0.15, 0.2) is 0 Å². The van der Waals surface area contributed by atoms with Crippen molar-refractivity contribution in [2.24, 2.45) is 0 Å². The molecule has 0 N–H and O–H groups in total. The van der Waals surface area contributed by atoms with Crippen LogP contribution in [0.25, 0.3) is 0 Å². The molecule has 0 spiro atoms. The van der Waals surface area contributed by atoms with Crippen molar-refractivity contribution >= 4 is 5.78 Å². The molecule has 0 aliphatic heterocycles. The number of hydrogen-bond acceptors (Lipinski definition) is 2. The number of alkyl halides is 7. The van der Waals surface area contributed by atoms with E-state index in [9.17, 15) is 35.5 Å². The summed E-state index contributed by atoms with van der Waals surface area (Å²) < 4.78 is 93.0. The van der Waals surface area contributed by atoms with Crippen LogP contribution in [0.3, 0.4) is 0 Å². The topological polar surface area (TPSA) is 26.3 Å². The maximum absolute atomic E-state index is 13.3. The third kappa shape index (κ3) is 2.81. The molecule has 0 amide bonds. The zero-order chi connectivity index (χ0) is 16.6. The van der Waals surface area contributed by atoms with Crippen molar-refractivity contribution in [3.05, 3.63) is 29.3 Å². The molecule has 0 heterocycles. The van der Waals surface area contributed by atoms with Crippen molar-refractivity contribution in [2.75, 3.05) is 7.11 Å².